The molecule has 0 atom stereocenters. The molecule has 0 aliphatic carbocycles. The lowest BCUT2D eigenvalue weighted by molar-refractivity contribution is -0.115. The zero-order valence-electron chi connectivity index (χ0n) is 7.56. The molecule has 0 aliphatic rings. The van der Waals surface area contributed by atoms with Crippen molar-refractivity contribution in [2.75, 3.05) is 11.9 Å². The molecule has 0 amide bonds. The van der Waals surface area contributed by atoms with Gasteiger partial charge >= 0.3 is 6.18 Å². The number of hydrogen-bond acceptors (Lipinski definition) is 4. The first kappa shape index (κ1) is 11.2. The predicted octanol–water partition coefficient (Wildman–Crippen LogP) is 2.46. The number of rotatable bonds is 4. The first-order chi connectivity index (χ1) is 6.51. The molecule has 0 fully saturated rings. The van der Waals surface area contributed by atoms with Crippen molar-refractivity contribution >= 4 is 16.7 Å². The maximum atomic E-state index is 11.8. The molecule has 14 heavy (non-hydrogen) atoms. The van der Waals surface area contributed by atoms with Gasteiger partial charge in [0.25, 0.3) is 0 Å². The lowest BCUT2D eigenvalue weighted by atomic mass is 10.3. The Bertz CT molecular complexity index is 284. The molecule has 1 heterocycles. The molecule has 80 valence electrons. The van der Waals surface area contributed by atoms with Crippen molar-refractivity contribution < 1.29 is 13.2 Å². The van der Waals surface area contributed by atoms with E-state index in [1.165, 1.54) is 0 Å². The number of aryl methyl sites for hydroxylation is 1. The van der Waals surface area contributed by atoms with Crippen LogP contribution in [0.25, 0.3) is 0 Å². The van der Waals surface area contributed by atoms with Crippen LogP contribution in [-0.2, 0) is 6.42 Å². The second-order valence-corrected chi connectivity index (χ2v) is 3.49. The topological polar surface area (TPSA) is 37.8 Å². The fourth-order valence-corrected chi connectivity index (χ4v) is 1.43. The second kappa shape index (κ2) is 4.59. The van der Waals surface area contributed by atoms with Crippen molar-refractivity contribution in [2.45, 2.75) is 25.9 Å². The van der Waals surface area contributed by atoms with Gasteiger partial charge in [-0.05, 0) is 6.42 Å². The van der Waals surface area contributed by atoms with Crippen molar-refractivity contribution in [3.8, 4) is 0 Å². The van der Waals surface area contributed by atoms with Crippen molar-refractivity contribution in [3.05, 3.63) is 5.82 Å². The fourth-order valence-electron chi connectivity index (χ4n) is 0.827. The highest BCUT2D eigenvalue weighted by Gasteiger charge is 2.27. The average Bonchev–Trinajstić information content (AvgIpc) is 2.49. The molecular formula is C7H10F3N3S. The second-order valence-electron chi connectivity index (χ2n) is 2.73. The van der Waals surface area contributed by atoms with Gasteiger partial charge in [0.15, 0.2) is 0 Å². The molecule has 1 aromatic rings. The highest BCUT2D eigenvalue weighted by Crippen LogP contribution is 2.17. The van der Waals surface area contributed by atoms with Gasteiger partial charge in [-0.15, -0.1) is 0 Å². The molecule has 0 saturated heterocycles. The molecule has 0 aliphatic heterocycles. The van der Waals surface area contributed by atoms with Gasteiger partial charge in [0, 0.05) is 18.0 Å². The van der Waals surface area contributed by atoms with Gasteiger partial charge in [-0.3, -0.25) is 0 Å². The van der Waals surface area contributed by atoms with Crippen LogP contribution in [0.15, 0.2) is 0 Å². The predicted molar refractivity (Wildman–Crippen MR) is 48.4 cm³/mol. The quantitative estimate of drug-likeness (QED) is 0.855. The molecule has 7 heteroatoms. The normalized spacial score (nSPS) is 11.7. The molecule has 1 N–H and O–H groups in total. The van der Waals surface area contributed by atoms with Crippen LogP contribution >= 0.6 is 11.5 Å². The van der Waals surface area contributed by atoms with Gasteiger partial charge in [-0.2, -0.15) is 17.5 Å². The minimum Gasteiger partial charge on any atom is -0.351 e. The highest BCUT2D eigenvalue weighted by molar-refractivity contribution is 7.09. The van der Waals surface area contributed by atoms with Gasteiger partial charge in [-0.1, -0.05) is 6.92 Å². The maximum absolute atomic E-state index is 11.8. The molecule has 0 aromatic carbocycles. The molecule has 0 saturated carbocycles. The van der Waals surface area contributed by atoms with Crippen LogP contribution in [0, 0.1) is 0 Å². The van der Waals surface area contributed by atoms with E-state index < -0.39 is 12.7 Å². The number of hydrogen-bond donors (Lipinski definition) is 1. The van der Waals surface area contributed by atoms with E-state index in [0.29, 0.717) is 12.2 Å². The molecule has 3 nitrogen and oxygen atoms in total. The minimum absolute atomic E-state index is 0.228. The van der Waals surface area contributed by atoms with E-state index in [4.69, 9.17) is 0 Å². The lowest BCUT2D eigenvalue weighted by Gasteiger charge is -2.05. The highest BCUT2D eigenvalue weighted by atomic mass is 32.1. The van der Waals surface area contributed by atoms with Crippen LogP contribution < -0.4 is 5.32 Å². The zero-order valence-corrected chi connectivity index (χ0v) is 8.37. The van der Waals surface area contributed by atoms with Gasteiger partial charge in [-0.25, -0.2) is 4.98 Å². The third-order valence-corrected chi connectivity index (χ3v) is 2.09. The van der Waals surface area contributed by atoms with Crippen LogP contribution in [0.2, 0.25) is 0 Å². The van der Waals surface area contributed by atoms with Crippen LogP contribution in [0.1, 0.15) is 19.2 Å². The number of alkyl halides is 3. The van der Waals surface area contributed by atoms with Crippen molar-refractivity contribution in [1.29, 1.82) is 0 Å². The van der Waals surface area contributed by atoms with Crippen molar-refractivity contribution in [2.24, 2.45) is 0 Å². The van der Waals surface area contributed by atoms with Crippen molar-refractivity contribution in [1.82, 2.24) is 9.36 Å². The molecule has 0 unspecified atom stereocenters. The monoisotopic (exact) mass is 225 g/mol. The number of halogens is 3. The summed E-state index contributed by atoms with van der Waals surface area (Å²) in [7, 11) is 0. The molecule has 0 spiro atoms. The zero-order chi connectivity index (χ0) is 10.6. The SMILES string of the molecule is CCCc1nsc(NCC(F)(F)F)n1. The Balaban J connectivity index is 2.44. The van der Waals surface area contributed by atoms with Gasteiger partial charge in [0.1, 0.15) is 12.4 Å². The van der Waals surface area contributed by atoms with Gasteiger partial charge < -0.3 is 5.32 Å². The van der Waals surface area contributed by atoms with E-state index >= 15 is 0 Å². The third-order valence-electron chi connectivity index (χ3n) is 1.38. The van der Waals surface area contributed by atoms with E-state index in [9.17, 15) is 13.2 Å². The number of anilines is 1. The van der Waals surface area contributed by atoms with Crippen LogP contribution in [0.3, 0.4) is 0 Å². The maximum Gasteiger partial charge on any atom is 0.405 e. The summed E-state index contributed by atoms with van der Waals surface area (Å²) in [5, 5.41) is 2.41. The molecule has 0 bridgehead atoms. The van der Waals surface area contributed by atoms with E-state index in [1.807, 2.05) is 6.92 Å². The minimum atomic E-state index is -4.21. The summed E-state index contributed by atoms with van der Waals surface area (Å²) in [5.74, 6) is 0.599. The first-order valence-corrected chi connectivity index (χ1v) is 4.92. The Morgan fingerprint density at radius 3 is 2.71 bits per heavy atom. The Labute approximate surface area is 83.5 Å². The summed E-state index contributed by atoms with van der Waals surface area (Å²) in [6.07, 6.45) is -2.63. The lowest BCUT2D eigenvalue weighted by Crippen LogP contribution is -2.21. The smallest absolute Gasteiger partial charge is 0.351 e. The van der Waals surface area contributed by atoms with Crippen LogP contribution in [0.4, 0.5) is 18.3 Å². The number of nitrogens with zero attached hydrogens (tertiary/aromatic N) is 2. The van der Waals surface area contributed by atoms with Crippen LogP contribution in [-0.4, -0.2) is 22.1 Å². The number of aromatic nitrogens is 2. The summed E-state index contributed by atoms with van der Waals surface area (Å²) in [5.41, 5.74) is 0. The summed E-state index contributed by atoms with van der Waals surface area (Å²) < 4.78 is 39.3. The summed E-state index contributed by atoms with van der Waals surface area (Å²) >= 11 is 0.958. The summed E-state index contributed by atoms with van der Waals surface area (Å²) in [6, 6.07) is 0. The Kier molecular flexibility index (Phi) is 3.68. The fraction of sp³-hybridized carbons (Fsp3) is 0.714. The molecule has 1 aromatic heterocycles. The Morgan fingerprint density at radius 2 is 2.14 bits per heavy atom. The Morgan fingerprint density at radius 1 is 1.43 bits per heavy atom. The average molecular weight is 225 g/mol. The summed E-state index contributed by atoms with van der Waals surface area (Å²) in [6.45, 7) is 0.900. The van der Waals surface area contributed by atoms with E-state index in [-0.39, 0.29) is 5.13 Å². The van der Waals surface area contributed by atoms with E-state index in [1.54, 1.807) is 0 Å². The largest absolute Gasteiger partial charge is 0.405 e. The van der Waals surface area contributed by atoms with Crippen LogP contribution in [0.5, 0.6) is 0 Å². The molecule has 1 rings (SSSR count). The van der Waals surface area contributed by atoms with E-state index in [0.717, 1.165) is 18.0 Å². The third kappa shape index (κ3) is 3.91. The summed E-state index contributed by atoms with van der Waals surface area (Å²) in [4.78, 5) is 3.90. The first-order valence-electron chi connectivity index (χ1n) is 4.14. The van der Waals surface area contributed by atoms with Gasteiger partial charge in [0.05, 0.1) is 0 Å². The van der Waals surface area contributed by atoms with Gasteiger partial charge in [0.2, 0.25) is 5.13 Å². The molecule has 0 radical (unpaired) electrons. The standard InChI is InChI=1S/C7H10F3N3S/c1-2-3-5-12-6(14-13-5)11-4-7(8,9)10/h2-4H2,1H3,(H,11,12,13). The Hall–Kier alpha value is -0.850. The number of nitrogens with one attached hydrogen (secondary N) is 1. The van der Waals surface area contributed by atoms with E-state index in [2.05, 4.69) is 14.7 Å². The molecular weight excluding hydrogens is 215 g/mol. The van der Waals surface area contributed by atoms with Crippen molar-refractivity contribution in [3.63, 3.8) is 0 Å².